The second-order valence-electron chi connectivity index (χ2n) is 6.83. The van der Waals surface area contributed by atoms with Crippen LogP contribution in [0, 0.1) is 0 Å². The lowest BCUT2D eigenvalue weighted by Crippen LogP contribution is -2.46. The maximum absolute atomic E-state index is 12.7. The SMILES string of the molecule is CC(C)(C)OC(=O)N1CCC[C@H](Oc2cccc(C(F)(F)F)c2)C1. The summed E-state index contributed by atoms with van der Waals surface area (Å²) in [6, 6.07) is 4.78. The van der Waals surface area contributed by atoms with E-state index in [9.17, 15) is 18.0 Å². The number of carbonyl (C=O) groups excluding carboxylic acids is 1. The molecule has 0 radical (unpaired) electrons. The Kier molecular flexibility index (Phi) is 5.30. The number of likely N-dealkylation sites (tertiary alicyclic amines) is 1. The van der Waals surface area contributed by atoms with Crippen molar-refractivity contribution < 1.29 is 27.4 Å². The Bertz CT molecular complexity index is 581. The maximum atomic E-state index is 12.7. The van der Waals surface area contributed by atoms with Gasteiger partial charge in [-0.2, -0.15) is 13.2 Å². The van der Waals surface area contributed by atoms with Gasteiger partial charge < -0.3 is 14.4 Å². The summed E-state index contributed by atoms with van der Waals surface area (Å²) < 4.78 is 49.2. The molecule has 0 saturated carbocycles. The molecule has 24 heavy (non-hydrogen) atoms. The van der Waals surface area contributed by atoms with Crippen LogP contribution in [-0.4, -0.2) is 35.8 Å². The molecule has 2 rings (SSSR count). The molecule has 134 valence electrons. The number of carbonyl (C=O) groups is 1. The fourth-order valence-electron chi connectivity index (χ4n) is 2.46. The van der Waals surface area contributed by atoms with Gasteiger partial charge in [0.2, 0.25) is 0 Å². The molecule has 0 bridgehead atoms. The molecule has 1 fully saturated rings. The fourth-order valence-corrected chi connectivity index (χ4v) is 2.46. The van der Waals surface area contributed by atoms with Crippen LogP contribution in [0.5, 0.6) is 5.75 Å². The van der Waals surface area contributed by atoms with Gasteiger partial charge >= 0.3 is 12.3 Å². The van der Waals surface area contributed by atoms with Crippen LogP contribution < -0.4 is 4.74 Å². The molecule has 0 N–H and O–H groups in total. The van der Waals surface area contributed by atoms with E-state index in [0.717, 1.165) is 12.1 Å². The van der Waals surface area contributed by atoms with E-state index in [1.165, 1.54) is 17.0 Å². The third-order valence-electron chi connectivity index (χ3n) is 3.49. The number of hydrogen-bond acceptors (Lipinski definition) is 3. The Morgan fingerprint density at radius 2 is 1.96 bits per heavy atom. The molecule has 1 saturated heterocycles. The number of rotatable bonds is 2. The number of benzene rings is 1. The van der Waals surface area contributed by atoms with Crippen molar-refractivity contribution in [1.82, 2.24) is 4.90 Å². The molecular weight excluding hydrogens is 323 g/mol. The molecule has 1 aromatic rings. The van der Waals surface area contributed by atoms with E-state index in [2.05, 4.69) is 0 Å². The minimum Gasteiger partial charge on any atom is -0.489 e. The van der Waals surface area contributed by atoms with Gasteiger partial charge in [0.25, 0.3) is 0 Å². The Hall–Kier alpha value is -1.92. The highest BCUT2D eigenvalue weighted by Crippen LogP contribution is 2.32. The van der Waals surface area contributed by atoms with Crippen LogP contribution in [0.25, 0.3) is 0 Å². The van der Waals surface area contributed by atoms with Crippen LogP contribution in [0.1, 0.15) is 39.2 Å². The molecule has 1 aromatic carbocycles. The molecule has 0 aromatic heterocycles. The lowest BCUT2D eigenvalue weighted by atomic mass is 10.1. The first kappa shape index (κ1) is 18.4. The fraction of sp³-hybridized carbons (Fsp3) is 0.588. The number of alkyl halides is 3. The predicted molar refractivity (Wildman–Crippen MR) is 82.9 cm³/mol. The van der Waals surface area contributed by atoms with Crippen molar-refractivity contribution in [3.63, 3.8) is 0 Å². The third kappa shape index (κ3) is 5.32. The Morgan fingerprint density at radius 1 is 1.25 bits per heavy atom. The van der Waals surface area contributed by atoms with E-state index in [-0.39, 0.29) is 11.9 Å². The number of piperidine rings is 1. The molecule has 1 aliphatic rings. The second-order valence-corrected chi connectivity index (χ2v) is 6.83. The highest BCUT2D eigenvalue weighted by Gasteiger charge is 2.32. The second kappa shape index (κ2) is 6.91. The topological polar surface area (TPSA) is 38.8 Å². The van der Waals surface area contributed by atoms with Gasteiger partial charge in [-0.25, -0.2) is 4.79 Å². The average molecular weight is 345 g/mol. The van der Waals surface area contributed by atoms with Gasteiger partial charge in [-0.3, -0.25) is 0 Å². The van der Waals surface area contributed by atoms with Gasteiger partial charge in [-0.15, -0.1) is 0 Å². The van der Waals surface area contributed by atoms with E-state index >= 15 is 0 Å². The van der Waals surface area contributed by atoms with Gasteiger partial charge in [0.1, 0.15) is 17.5 Å². The zero-order valence-corrected chi connectivity index (χ0v) is 14.0. The van der Waals surface area contributed by atoms with Gasteiger partial charge in [0.05, 0.1) is 12.1 Å². The molecule has 0 spiro atoms. The smallest absolute Gasteiger partial charge is 0.416 e. The third-order valence-corrected chi connectivity index (χ3v) is 3.49. The monoisotopic (exact) mass is 345 g/mol. The Labute approximate surface area is 139 Å². The zero-order chi connectivity index (χ0) is 18.0. The normalized spacial score (nSPS) is 19.1. The van der Waals surface area contributed by atoms with Crippen LogP contribution in [-0.2, 0) is 10.9 Å². The van der Waals surface area contributed by atoms with E-state index in [0.29, 0.717) is 25.9 Å². The van der Waals surface area contributed by atoms with Crippen LogP contribution in [0.3, 0.4) is 0 Å². The number of amides is 1. The number of halogens is 3. The molecule has 0 aliphatic carbocycles. The first-order valence-electron chi connectivity index (χ1n) is 7.86. The van der Waals surface area contributed by atoms with Crippen LogP contribution in [0.2, 0.25) is 0 Å². The van der Waals surface area contributed by atoms with Gasteiger partial charge in [-0.05, 0) is 51.8 Å². The van der Waals surface area contributed by atoms with Crippen LogP contribution in [0.15, 0.2) is 24.3 Å². The molecule has 0 unspecified atom stereocenters. The molecular formula is C17H22F3NO3. The highest BCUT2D eigenvalue weighted by molar-refractivity contribution is 5.68. The van der Waals surface area contributed by atoms with Crippen molar-refractivity contribution >= 4 is 6.09 Å². The molecule has 1 amide bonds. The van der Waals surface area contributed by atoms with Crippen LogP contribution >= 0.6 is 0 Å². The quantitative estimate of drug-likeness (QED) is 0.793. The minimum atomic E-state index is -4.41. The average Bonchev–Trinajstić information content (AvgIpc) is 2.45. The molecule has 7 heteroatoms. The van der Waals surface area contributed by atoms with E-state index in [1.54, 1.807) is 20.8 Å². The minimum absolute atomic E-state index is 0.154. The standard InChI is InChI=1S/C17H22F3NO3/c1-16(2,3)24-15(22)21-9-5-8-14(11-21)23-13-7-4-6-12(10-13)17(18,19)20/h4,6-7,10,14H,5,8-9,11H2,1-3H3/t14-/m0/s1. The summed E-state index contributed by atoms with van der Waals surface area (Å²) in [5.41, 5.74) is -1.34. The van der Waals surface area contributed by atoms with Crippen molar-refractivity contribution in [2.45, 2.75) is 51.5 Å². The van der Waals surface area contributed by atoms with Gasteiger partial charge in [-0.1, -0.05) is 6.07 Å². The first-order chi connectivity index (χ1) is 11.0. The summed E-state index contributed by atoms with van der Waals surface area (Å²) in [6.07, 6.45) is -3.80. The zero-order valence-electron chi connectivity index (χ0n) is 14.0. The molecule has 4 nitrogen and oxygen atoms in total. The first-order valence-corrected chi connectivity index (χ1v) is 7.86. The lowest BCUT2D eigenvalue weighted by molar-refractivity contribution is -0.137. The number of hydrogen-bond donors (Lipinski definition) is 0. The number of nitrogens with zero attached hydrogens (tertiary/aromatic N) is 1. The molecule has 1 aliphatic heterocycles. The van der Waals surface area contributed by atoms with Crippen molar-refractivity contribution in [1.29, 1.82) is 0 Å². The summed E-state index contributed by atoms with van der Waals surface area (Å²) in [5.74, 6) is 0.154. The van der Waals surface area contributed by atoms with Gasteiger partial charge in [0, 0.05) is 6.54 Å². The van der Waals surface area contributed by atoms with E-state index < -0.39 is 23.4 Å². The number of ether oxygens (including phenoxy) is 2. The molecule has 1 atom stereocenters. The summed E-state index contributed by atoms with van der Waals surface area (Å²) in [4.78, 5) is 13.6. The summed E-state index contributed by atoms with van der Waals surface area (Å²) in [7, 11) is 0. The summed E-state index contributed by atoms with van der Waals surface area (Å²) >= 11 is 0. The lowest BCUT2D eigenvalue weighted by Gasteiger charge is -2.34. The summed E-state index contributed by atoms with van der Waals surface area (Å²) in [6.45, 7) is 6.20. The predicted octanol–water partition coefficient (Wildman–Crippen LogP) is 4.48. The van der Waals surface area contributed by atoms with Crippen molar-refractivity contribution in [3.8, 4) is 5.75 Å². The molecule has 1 heterocycles. The highest BCUT2D eigenvalue weighted by atomic mass is 19.4. The van der Waals surface area contributed by atoms with E-state index in [4.69, 9.17) is 9.47 Å². The van der Waals surface area contributed by atoms with E-state index in [1.807, 2.05) is 0 Å². The van der Waals surface area contributed by atoms with Crippen LogP contribution in [0.4, 0.5) is 18.0 Å². The largest absolute Gasteiger partial charge is 0.489 e. The van der Waals surface area contributed by atoms with Gasteiger partial charge in [0.15, 0.2) is 0 Å². The van der Waals surface area contributed by atoms with Crippen molar-refractivity contribution in [2.24, 2.45) is 0 Å². The Morgan fingerprint density at radius 3 is 2.58 bits per heavy atom. The van der Waals surface area contributed by atoms with Crippen molar-refractivity contribution in [3.05, 3.63) is 29.8 Å². The maximum Gasteiger partial charge on any atom is 0.416 e. The Balaban J connectivity index is 1.99. The summed E-state index contributed by atoms with van der Waals surface area (Å²) in [5, 5.41) is 0. The van der Waals surface area contributed by atoms with Crippen molar-refractivity contribution in [2.75, 3.05) is 13.1 Å².